The number of amides is 2. The standard InChI is InChI=1S/C26H29FN4O2/c1-17-12-21(27)3-2-19(17)16-29-24(32)18-4-6-26(14-18)7-10-31(11-8-26)25(33)23-13-20-15-28-9-5-22(20)30-23/h2-3,5,9,12-13,15,18,30H,4,6-8,10-11,14,16H2,1H3,(H,29,32). The van der Waals surface area contributed by atoms with Crippen LogP contribution in [0.25, 0.3) is 10.9 Å². The molecule has 1 aliphatic carbocycles. The molecule has 1 saturated heterocycles. The molecule has 3 aromatic rings. The van der Waals surface area contributed by atoms with Gasteiger partial charge < -0.3 is 15.2 Å². The molecule has 6 nitrogen and oxygen atoms in total. The number of aromatic amines is 1. The molecule has 1 aliphatic heterocycles. The van der Waals surface area contributed by atoms with Gasteiger partial charge in [0, 0.05) is 48.8 Å². The number of aromatic nitrogens is 2. The van der Waals surface area contributed by atoms with Crippen molar-refractivity contribution in [2.75, 3.05) is 13.1 Å². The molecule has 0 bridgehead atoms. The van der Waals surface area contributed by atoms with E-state index in [0.29, 0.717) is 12.2 Å². The third-order valence-electron chi connectivity index (χ3n) is 7.59. The van der Waals surface area contributed by atoms with Gasteiger partial charge in [0.05, 0.1) is 0 Å². The minimum atomic E-state index is -0.258. The quantitative estimate of drug-likeness (QED) is 0.623. The fourth-order valence-electron chi connectivity index (χ4n) is 5.51. The summed E-state index contributed by atoms with van der Waals surface area (Å²) in [4.78, 5) is 35.0. The van der Waals surface area contributed by atoms with E-state index in [0.717, 1.165) is 67.2 Å². The van der Waals surface area contributed by atoms with E-state index in [2.05, 4.69) is 15.3 Å². The molecule has 33 heavy (non-hydrogen) atoms. The van der Waals surface area contributed by atoms with Crippen LogP contribution in [0.1, 0.15) is 53.7 Å². The van der Waals surface area contributed by atoms with E-state index in [9.17, 15) is 14.0 Å². The number of nitrogens with zero attached hydrogens (tertiary/aromatic N) is 2. The molecule has 1 atom stereocenters. The Labute approximate surface area is 192 Å². The number of likely N-dealkylation sites (tertiary alicyclic amines) is 1. The fourth-order valence-corrected chi connectivity index (χ4v) is 5.51. The first-order valence-corrected chi connectivity index (χ1v) is 11.7. The number of benzene rings is 1. The maximum atomic E-state index is 13.3. The van der Waals surface area contributed by atoms with Gasteiger partial charge in [-0.3, -0.25) is 14.6 Å². The number of nitrogens with one attached hydrogen (secondary N) is 2. The van der Waals surface area contributed by atoms with Crippen molar-refractivity contribution < 1.29 is 14.0 Å². The van der Waals surface area contributed by atoms with Crippen LogP contribution in [0.2, 0.25) is 0 Å². The lowest BCUT2D eigenvalue weighted by Crippen LogP contribution is -2.42. The number of rotatable bonds is 4. The number of aryl methyl sites for hydroxylation is 1. The van der Waals surface area contributed by atoms with Crippen LogP contribution in [0, 0.1) is 24.1 Å². The summed E-state index contributed by atoms with van der Waals surface area (Å²) in [7, 11) is 0. The first kappa shape index (κ1) is 21.6. The van der Waals surface area contributed by atoms with Crippen LogP contribution in [-0.4, -0.2) is 39.8 Å². The zero-order valence-corrected chi connectivity index (χ0v) is 18.9. The molecule has 0 radical (unpaired) electrons. The smallest absolute Gasteiger partial charge is 0.270 e. The van der Waals surface area contributed by atoms with Gasteiger partial charge in [0.25, 0.3) is 5.91 Å². The van der Waals surface area contributed by atoms with Crippen LogP contribution in [0.4, 0.5) is 4.39 Å². The third-order valence-corrected chi connectivity index (χ3v) is 7.59. The second-order valence-electron chi connectivity index (χ2n) is 9.67. The molecule has 5 rings (SSSR count). The largest absolute Gasteiger partial charge is 0.352 e. The molecule has 2 amide bonds. The van der Waals surface area contributed by atoms with Crippen LogP contribution in [-0.2, 0) is 11.3 Å². The zero-order valence-electron chi connectivity index (χ0n) is 18.9. The summed E-state index contributed by atoms with van der Waals surface area (Å²) in [6, 6.07) is 8.40. The van der Waals surface area contributed by atoms with Crippen LogP contribution in [0.15, 0.2) is 42.7 Å². The van der Waals surface area contributed by atoms with Crippen molar-refractivity contribution in [2.45, 2.75) is 45.6 Å². The van der Waals surface area contributed by atoms with Gasteiger partial charge in [-0.2, -0.15) is 0 Å². The van der Waals surface area contributed by atoms with E-state index in [1.165, 1.54) is 12.1 Å². The Hall–Kier alpha value is -3.22. The second-order valence-corrected chi connectivity index (χ2v) is 9.67. The van der Waals surface area contributed by atoms with Crippen molar-refractivity contribution in [3.05, 3.63) is 65.4 Å². The van der Waals surface area contributed by atoms with Crippen LogP contribution >= 0.6 is 0 Å². The summed E-state index contributed by atoms with van der Waals surface area (Å²) in [5, 5.41) is 3.99. The molecule has 2 N–H and O–H groups in total. The van der Waals surface area contributed by atoms with Gasteiger partial charge >= 0.3 is 0 Å². The molecule has 2 aromatic heterocycles. The summed E-state index contributed by atoms with van der Waals surface area (Å²) in [6.07, 6.45) is 8.13. The van der Waals surface area contributed by atoms with E-state index in [4.69, 9.17) is 0 Å². The van der Waals surface area contributed by atoms with Gasteiger partial charge in [0.2, 0.25) is 5.91 Å². The minimum absolute atomic E-state index is 0.00853. The normalized spacial score (nSPS) is 19.8. The Bertz CT molecular complexity index is 1160. The van der Waals surface area contributed by atoms with Gasteiger partial charge in [-0.15, -0.1) is 0 Å². The molecule has 1 unspecified atom stereocenters. The van der Waals surface area contributed by atoms with Crippen molar-refractivity contribution in [2.24, 2.45) is 11.3 Å². The Morgan fingerprint density at radius 3 is 2.79 bits per heavy atom. The van der Waals surface area contributed by atoms with Crippen molar-refractivity contribution in [3.8, 4) is 0 Å². The molecule has 7 heteroatoms. The van der Waals surface area contributed by atoms with E-state index >= 15 is 0 Å². The number of fused-ring (bicyclic) bond motifs is 1. The van der Waals surface area contributed by atoms with Gasteiger partial charge in [0.1, 0.15) is 11.5 Å². The predicted molar refractivity (Wildman–Crippen MR) is 124 cm³/mol. The van der Waals surface area contributed by atoms with Crippen molar-refractivity contribution in [3.63, 3.8) is 0 Å². The Balaban J connectivity index is 1.15. The number of carbonyl (C=O) groups excluding carboxylic acids is 2. The summed E-state index contributed by atoms with van der Waals surface area (Å²) < 4.78 is 13.3. The summed E-state index contributed by atoms with van der Waals surface area (Å²) in [6.45, 7) is 3.72. The average molecular weight is 449 g/mol. The molecular weight excluding hydrogens is 419 g/mol. The summed E-state index contributed by atoms with van der Waals surface area (Å²) in [5.74, 6) is -0.135. The topological polar surface area (TPSA) is 78.1 Å². The average Bonchev–Trinajstić information content (AvgIpc) is 3.43. The molecule has 3 heterocycles. The molecule has 1 saturated carbocycles. The van der Waals surface area contributed by atoms with Crippen LogP contribution in [0.5, 0.6) is 0 Å². The van der Waals surface area contributed by atoms with E-state index in [1.807, 2.05) is 24.0 Å². The van der Waals surface area contributed by atoms with Gasteiger partial charge in [0.15, 0.2) is 0 Å². The Kier molecular flexibility index (Phi) is 5.64. The highest BCUT2D eigenvalue weighted by Gasteiger charge is 2.44. The highest BCUT2D eigenvalue weighted by molar-refractivity contribution is 5.97. The second kappa shape index (κ2) is 8.61. The predicted octanol–water partition coefficient (Wildman–Crippen LogP) is 4.35. The molecule has 1 spiro atoms. The highest BCUT2D eigenvalue weighted by atomic mass is 19.1. The number of hydrogen-bond acceptors (Lipinski definition) is 3. The van der Waals surface area contributed by atoms with E-state index in [-0.39, 0.29) is 29.0 Å². The highest BCUT2D eigenvalue weighted by Crippen LogP contribution is 2.49. The van der Waals surface area contributed by atoms with Crippen molar-refractivity contribution >= 4 is 22.7 Å². The van der Waals surface area contributed by atoms with Gasteiger partial charge in [-0.25, -0.2) is 4.39 Å². The van der Waals surface area contributed by atoms with Crippen LogP contribution < -0.4 is 5.32 Å². The first-order valence-electron chi connectivity index (χ1n) is 11.7. The van der Waals surface area contributed by atoms with Gasteiger partial charge in [-0.1, -0.05) is 6.07 Å². The van der Waals surface area contributed by atoms with Crippen molar-refractivity contribution in [1.82, 2.24) is 20.2 Å². The monoisotopic (exact) mass is 448 g/mol. The maximum absolute atomic E-state index is 13.3. The van der Waals surface area contributed by atoms with E-state index in [1.54, 1.807) is 18.5 Å². The third kappa shape index (κ3) is 4.36. The summed E-state index contributed by atoms with van der Waals surface area (Å²) >= 11 is 0. The van der Waals surface area contributed by atoms with Crippen LogP contribution in [0.3, 0.4) is 0 Å². The first-order chi connectivity index (χ1) is 15.9. The number of hydrogen-bond donors (Lipinski definition) is 2. The molecule has 2 aliphatic rings. The molecule has 172 valence electrons. The maximum Gasteiger partial charge on any atom is 0.270 e. The molecule has 2 fully saturated rings. The summed E-state index contributed by atoms with van der Waals surface area (Å²) in [5.41, 5.74) is 3.46. The Morgan fingerprint density at radius 2 is 2.03 bits per heavy atom. The lowest BCUT2D eigenvalue weighted by atomic mass is 9.76. The lowest BCUT2D eigenvalue weighted by Gasteiger charge is -2.39. The Morgan fingerprint density at radius 1 is 1.21 bits per heavy atom. The zero-order chi connectivity index (χ0) is 23.0. The molecule has 1 aromatic carbocycles. The van der Waals surface area contributed by atoms with E-state index < -0.39 is 0 Å². The lowest BCUT2D eigenvalue weighted by molar-refractivity contribution is -0.125. The number of carbonyl (C=O) groups is 2. The van der Waals surface area contributed by atoms with Crippen molar-refractivity contribution in [1.29, 1.82) is 0 Å². The SMILES string of the molecule is Cc1cc(F)ccc1CNC(=O)C1CCC2(CCN(C(=O)c3cc4cnccc4[nH]3)CC2)C1. The number of pyridine rings is 1. The number of H-pyrrole nitrogens is 1. The number of piperidine rings is 1. The van der Waals surface area contributed by atoms with Gasteiger partial charge in [-0.05, 0) is 79.8 Å². The fraction of sp³-hybridized carbons (Fsp3) is 0.423. The molecular formula is C26H29FN4O2. The number of halogens is 1. The minimum Gasteiger partial charge on any atom is -0.352 e.